The molecule has 124 valence electrons. The summed E-state index contributed by atoms with van der Waals surface area (Å²) in [6, 6.07) is 0.311. The van der Waals surface area contributed by atoms with Gasteiger partial charge in [0.15, 0.2) is 0 Å². The van der Waals surface area contributed by atoms with E-state index >= 15 is 0 Å². The maximum absolute atomic E-state index is 11.7. The predicted molar refractivity (Wildman–Crippen MR) is 82.3 cm³/mol. The van der Waals surface area contributed by atoms with Gasteiger partial charge in [0, 0.05) is 63.1 Å². The van der Waals surface area contributed by atoms with E-state index in [0.717, 1.165) is 25.2 Å². The minimum Gasteiger partial charge on any atom is -0.396 e. The second kappa shape index (κ2) is 7.71. The van der Waals surface area contributed by atoms with Gasteiger partial charge in [-0.05, 0) is 13.8 Å². The maximum Gasteiger partial charge on any atom is 0.246 e. The molecular formula is C15H26N4O3. The molecule has 7 heteroatoms. The molecule has 0 bridgehead atoms. The average molecular weight is 310 g/mol. The van der Waals surface area contributed by atoms with Crippen molar-refractivity contribution in [3.8, 4) is 0 Å². The van der Waals surface area contributed by atoms with Crippen LogP contribution in [0.1, 0.15) is 25.5 Å². The molecule has 0 unspecified atom stereocenters. The van der Waals surface area contributed by atoms with Crippen molar-refractivity contribution in [1.82, 2.24) is 20.0 Å². The second-order valence-electron chi connectivity index (χ2n) is 6.17. The molecule has 0 spiro atoms. The largest absolute Gasteiger partial charge is 0.396 e. The van der Waals surface area contributed by atoms with Crippen LogP contribution >= 0.6 is 0 Å². The number of likely N-dealkylation sites (tertiary alicyclic amines) is 1. The topological polar surface area (TPSA) is 79.6 Å². The molecule has 1 aliphatic heterocycles. The Kier molecular flexibility index (Phi) is 5.93. The van der Waals surface area contributed by atoms with Gasteiger partial charge in [0.05, 0.1) is 6.20 Å². The number of nitrogens with zero attached hydrogens (tertiary/aromatic N) is 3. The minimum absolute atomic E-state index is 0.0345. The van der Waals surface area contributed by atoms with Crippen LogP contribution in [0.15, 0.2) is 12.4 Å². The van der Waals surface area contributed by atoms with Crippen LogP contribution in [0.4, 0.5) is 0 Å². The molecule has 1 aromatic rings. The number of nitrogens with one attached hydrogen (secondary N) is 1. The quantitative estimate of drug-likeness (QED) is 0.742. The Morgan fingerprint density at radius 1 is 1.55 bits per heavy atom. The van der Waals surface area contributed by atoms with Gasteiger partial charge in [-0.1, -0.05) is 0 Å². The predicted octanol–water partition coefficient (Wildman–Crippen LogP) is 0.0193. The average Bonchev–Trinajstić information content (AvgIpc) is 3.06. The van der Waals surface area contributed by atoms with Gasteiger partial charge < -0.3 is 15.2 Å². The van der Waals surface area contributed by atoms with Crippen molar-refractivity contribution in [1.29, 1.82) is 0 Å². The van der Waals surface area contributed by atoms with Crippen molar-refractivity contribution < 1.29 is 14.6 Å². The number of carbonyl (C=O) groups excluding carboxylic acids is 1. The zero-order valence-electron chi connectivity index (χ0n) is 13.5. The lowest BCUT2D eigenvalue weighted by Gasteiger charge is -2.17. The fraction of sp³-hybridized carbons (Fsp3) is 0.733. The number of aliphatic hydroxyl groups is 1. The fourth-order valence-corrected chi connectivity index (χ4v) is 2.82. The van der Waals surface area contributed by atoms with Gasteiger partial charge in [0.2, 0.25) is 5.91 Å². The van der Waals surface area contributed by atoms with Crippen LogP contribution in [0.25, 0.3) is 0 Å². The molecule has 2 atom stereocenters. The maximum atomic E-state index is 11.7. The highest BCUT2D eigenvalue weighted by Crippen LogP contribution is 2.19. The van der Waals surface area contributed by atoms with Gasteiger partial charge in [-0.25, -0.2) is 0 Å². The van der Waals surface area contributed by atoms with Crippen LogP contribution in [0.5, 0.6) is 0 Å². The van der Waals surface area contributed by atoms with Gasteiger partial charge in [0.1, 0.15) is 6.61 Å². The Morgan fingerprint density at radius 2 is 2.32 bits per heavy atom. The molecule has 22 heavy (non-hydrogen) atoms. The lowest BCUT2D eigenvalue weighted by atomic mass is 10.1. The van der Waals surface area contributed by atoms with E-state index in [4.69, 9.17) is 4.74 Å². The molecule has 0 aromatic carbocycles. The molecule has 1 saturated heterocycles. The fourth-order valence-electron chi connectivity index (χ4n) is 2.82. The number of amides is 1. The monoisotopic (exact) mass is 310 g/mol. The summed E-state index contributed by atoms with van der Waals surface area (Å²) >= 11 is 0. The lowest BCUT2D eigenvalue weighted by molar-refractivity contribution is -0.125. The summed E-state index contributed by atoms with van der Waals surface area (Å²) in [4.78, 5) is 13.9. The molecular weight excluding hydrogens is 284 g/mol. The SMILES string of the molecule is COCC(=O)N[C@@H]1CN(Cc2cnn(C(C)C)c2)C[C@H]1CO. The van der Waals surface area contributed by atoms with E-state index in [1.807, 2.05) is 10.9 Å². The molecule has 1 aliphatic rings. The molecule has 1 fully saturated rings. The second-order valence-corrected chi connectivity index (χ2v) is 6.17. The summed E-state index contributed by atoms with van der Waals surface area (Å²) in [5.74, 6) is -0.0821. The molecule has 1 amide bonds. The molecule has 1 aromatic heterocycles. The zero-order valence-corrected chi connectivity index (χ0v) is 13.5. The van der Waals surface area contributed by atoms with E-state index in [1.165, 1.54) is 7.11 Å². The molecule has 2 N–H and O–H groups in total. The van der Waals surface area contributed by atoms with Gasteiger partial charge in [-0.3, -0.25) is 14.4 Å². The Balaban J connectivity index is 1.91. The van der Waals surface area contributed by atoms with Crippen molar-refractivity contribution in [3.63, 3.8) is 0 Å². The third-order valence-corrected chi connectivity index (χ3v) is 3.96. The summed E-state index contributed by atoms with van der Waals surface area (Å²) in [6.45, 7) is 6.58. The van der Waals surface area contributed by atoms with Crippen LogP contribution < -0.4 is 5.32 Å². The van der Waals surface area contributed by atoms with E-state index < -0.39 is 0 Å². The Hall–Kier alpha value is -1.44. The normalized spacial score (nSPS) is 22.4. The number of hydrogen-bond donors (Lipinski definition) is 2. The first kappa shape index (κ1) is 16.9. The number of carbonyl (C=O) groups is 1. The summed E-state index contributed by atoms with van der Waals surface area (Å²) in [5, 5.41) is 16.8. The minimum atomic E-state index is -0.138. The molecule has 0 radical (unpaired) electrons. The third-order valence-electron chi connectivity index (χ3n) is 3.96. The number of methoxy groups -OCH3 is 1. The van der Waals surface area contributed by atoms with E-state index in [1.54, 1.807) is 0 Å². The number of ether oxygens (including phenoxy) is 1. The smallest absolute Gasteiger partial charge is 0.246 e. The number of aliphatic hydroxyl groups excluding tert-OH is 1. The van der Waals surface area contributed by atoms with E-state index in [0.29, 0.717) is 6.04 Å². The van der Waals surface area contributed by atoms with E-state index in [2.05, 4.69) is 35.4 Å². The first-order chi connectivity index (χ1) is 10.5. The highest BCUT2D eigenvalue weighted by atomic mass is 16.5. The van der Waals surface area contributed by atoms with Gasteiger partial charge in [-0.15, -0.1) is 0 Å². The molecule has 2 heterocycles. The number of aromatic nitrogens is 2. The van der Waals surface area contributed by atoms with Crippen molar-refractivity contribution in [3.05, 3.63) is 18.0 Å². The first-order valence-corrected chi connectivity index (χ1v) is 7.68. The Morgan fingerprint density at radius 3 is 2.91 bits per heavy atom. The number of hydrogen-bond acceptors (Lipinski definition) is 5. The van der Waals surface area contributed by atoms with Gasteiger partial charge >= 0.3 is 0 Å². The lowest BCUT2D eigenvalue weighted by Crippen LogP contribution is -2.43. The van der Waals surface area contributed by atoms with Crippen LogP contribution in [0.2, 0.25) is 0 Å². The molecule has 0 aliphatic carbocycles. The van der Waals surface area contributed by atoms with Crippen LogP contribution in [0, 0.1) is 5.92 Å². The molecule has 7 nitrogen and oxygen atoms in total. The van der Waals surface area contributed by atoms with E-state index in [9.17, 15) is 9.90 Å². The van der Waals surface area contributed by atoms with Crippen molar-refractivity contribution in [2.45, 2.75) is 32.5 Å². The van der Waals surface area contributed by atoms with Crippen molar-refractivity contribution >= 4 is 5.91 Å². The summed E-state index contributed by atoms with van der Waals surface area (Å²) in [5.41, 5.74) is 1.15. The first-order valence-electron chi connectivity index (χ1n) is 7.68. The Bertz CT molecular complexity index is 489. The molecule has 2 rings (SSSR count). The zero-order chi connectivity index (χ0) is 16.1. The van der Waals surface area contributed by atoms with Crippen molar-refractivity contribution in [2.75, 3.05) is 33.4 Å². The number of rotatable bonds is 7. The standard InChI is InChI=1S/C15H26N4O3/c1-11(2)19-6-12(4-16-19)5-18-7-13(9-20)14(8-18)17-15(21)10-22-3/h4,6,11,13-14,20H,5,7-10H2,1-3H3,(H,17,21)/t13-,14+/m0/s1. The van der Waals surface area contributed by atoms with E-state index in [-0.39, 0.29) is 31.1 Å². The van der Waals surface area contributed by atoms with Gasteiger partial charge in [-0.2, -0.15) is 5.10 Å². The van der Waals surface area contributed by atoms with Crippen LogP contribution in [-0.4, -0.2) is 65.1 Å². The summed E-state index contributed by atoms with van der Waals surface area (Å²) in [6.07, 6.45) is 3.93. The third kappa shape index (κ3) is 4.28. The van der Waals surface area contributed by atoms with Gasteiger partial charge in [0.25, 0.3) is 0 Å². The van der Waals surface area contributed by atoms with Crippen LogP contribution in [0.3, 0.4) is 0 Å². The highest BCUT2D eigenvalue weighted by Gasteiger charge is 2.33. The van der Waals surface area contributed by atoms with Crippen molar-refractivity contribution in [2.24, 2.45) is 5.92 Å². The summed E-state index contributed by atoms with van der Waals surface area (Å²) in [7, 11) is 1.50. The van der Waals surface area contributed by atoms with Crippen LogP contribution in [-0.2, 0) is 16.1 Å². The molecule has 0 saturated carbocycles. The summed E-state index contributed by atoms with van der Waals surface area (Å²) < 4.78 is 6.77. The Labute approximate surface area is 131 Å². The highest BCUT2D eigenvalue weighted by molar-refractivity contribution is 5.77.